The van der Waals surface area contributed by atoms with Gasteiger partial charge in [-0.3, -0.25) is 0 Å². The summed E-state index contributed by atoms with van der Waals surface area (Å²) in [4.78, 5) is 0. The van der Waals surface area contributed by atoms with E-state index in [0.29, 0.717) is 0 Å². The lowest BCUT2D eigenvalue weighted by Crippen LogP contribution is -2.08. The number of para-hydroxylation sites is 2. The molecule has 0 aliphatic heterocycles. The maximum Gasteiger partial charge on any atom is 0.0652 e. The lowest BCUT2D eigenvalue weighted by Gasteiger charge is -2.19. The van der Waals surface area contributed by atoms with Crippen molar-refractivity contribution < 1.29 is 0 Å². The molecule has 0 heterocycles. The molecular formula is C29H26N2. The summed E-state index contributed by atoms with van der Waals surface area (Å²) in [5.74, 6) is 0. The van der Waals surface area contributed by atoms with Crippen molar-refractivity contribution >= 4 is 23.2 Å². The third-order valence-electron chi connectivity index (χ3n) is 5.15. The minimum atomic E-state index is 1.02. The lowest BCUT2D eigenvalue weighted by atomic mass is 9.96. The molecule has 0 saturated carbocycles. The van der Waals surface area contributed by atoms with Crippen molar-refractivity contribution in [3.05, 3.63) is 138 Å². The highest BCUT2D eigenvalue weighted by atomic mass is 15.5. The van der Waals surface area contributed by atoms with Gasteiger partial charge in [0.1, 0.15) is 0 Å². The van der Waals surface area contributed by atoms with Gasteiger partial charge in [0.25, 0.3) is 0 Å². The van der Waals surface area contributed by atoms with Crippen LogP contribution in [-0.4, -0.2) is 6.21 Å². The standard InChI is InChI=1S/C29H26N2/c1-23-13-17-25(18-14-23)29(26-19-15-24(2)16-20-26)21-22-30-31(27-9-5-3-6-10-27)28-11-7-4-8-12-28/h3-22H,1-2H3/b30-22-. The van der Waals surface area contributed by atoms with Crippen LogP contribution in [0.4, 0.5) is 11.4 Å². The van der Waals surface area contributed by atoms with Gasteiger partial charge < -0.3 is 0 Å². The van der Waals surface area contributed by atoms with Gasteiger partial charge in [-0.2, -0.15) is 5.10 Å². The number of allylic oxidation sites excluding steroid dienone is 1. The van der Waals surface area contributed by atoms with Crippen LogP contribution in [0.5, 0.6) is 0 Å². The second kappa shape index (κ2) is 9.73. The van der Waals surface area contributed by atoms with Crippen LogP contribution in [0.25, 0.3) is 5.57 Å². The molecule has 0 bridgehead atoms. The van der Waals surface area contributed by atoms with Gasteiger partial charge in [-0.15, -0.1) is 0 Å². The molecular weight excluding hydrogens is 376 g/mol. The van der Waals surface area contributed by atoms with E-state index in [0.717, 1.165) is 16.9 Å². The van der Waals surface area contributed by atoms with Crippen LogP contribution in [0.15, 0.2) is 120 Å². The molecule has 0 amide bonds. The molecule has 0 fully saturated rings. The second-order valence-electron chi connectivity index (χ2n) is 7.56. The van der Waals surface area contributed by atoms with Gasteiger partial charge in [0.2, 0.25) is 0 Å². The number of hydrogen-bond donors (Lipinski definition) is 0. The minimum Gasteiger partial charge on any atom is -0.234 e. The highest BCUT2D eigenvalue weighted by Gasteiger charge is 2.07. The van der Waals surface area contributed by atoms with Gasteiger partial charge in [-0.1, -0.05) is 96.1 Å². The largest absolute Gasteiger partial charge is 0.234 e. The molecule has 4 aromatic carbocycles. The lowest BCUT2D eigenvalue weighted by molar-refractivity contribution is 1.09. The topological polar surface area (TPSA) is 15.6 Å². The molecule has 0 aliphatic rings. The summed E-state index contributed by atoms with van der Waals surface area (Å²) in [5.41, 5.74) is 8.03. The van der Waals surface area contributed by atoms with Crippen molar-refractivity contribution in [3.63, 3.8) is 0 Å². The van der Waals surface area contributed by atoms with E-state index in [-0.39, 0.29) is 0 Å². The number of benzene rings is 4. The van der Waals surface area contributed by atoms with Crippen molar-refractivity contribution in [2.45, 2.75) is 13.8 Å². The molecule has 0 aromatic heterocycles. The molecule has 2 heteroatoms. The van der Waals surface area contributed by atoms with E-state index >= 15 is 0 Å². The van der Waals surface area contributed by atoms with Crippen molar-refractivity contribution in [3.8, 4) is 0 Å². The highest BCUT2D eigenvalue weighted by molar-refractivity contribution is 5.92. The molecule has 0 radical (unpaired) electrons. The molecule has 0 N–H and O–H groups in total. The quantitative estimate of drug-likeness (QED) is 0.240. The fourth-order valence-corrected chi connectivity index (χ4v) is 3.42. The fourth-order valence-electron chi connectivity index (χ4n) is 3.42. The normalized spacial score (nSPS) is 10.8. The predicted octanol–water partition coefficient (Wildman–Crippen LogP) is 7.56. The zero-order valence-electron chi connectivity index (χ0n) is 17.9. The predicted molar refractivity (Wildman–Crippen MR) is 133 cm³/mol. The number of hydrogen-bond acceptors (Lipinski definition) is 2. The van der Waals surface area contributed by atoms with Crippen LogP contribution in [0, 0.1) is 13.8 Å². The number of rotatable bonds is 6. The number of hydrazone groups is 1. The highest BCUT2D eigenvalue weighted by Crippen LogP contribution is 2.26. The third-order valence-corrected chi connectivity index (χ3v) is 5.15. The first-order valence-electron chi connectivity index (χ1n) is 10.5. The van der Waals surface area contributed by atoms with Crippen LogP contribution < -0.4 is 5.01 Å². The molecule has 0 unspecified atom stereocenters. The fraction of sp³-hybridized carbons (Fsp3) is 0.0690. The molecule has 152 valence electrons. The van der Waals surface area contributed by atoms with Crippen LogP contribution in [-0.2, 0) is 0 Å². The average molecular weight is 403 g/mol. The van der Waals surface area contributed by atoms with Crippen molar-refractivity contribution in [1.29, 1.82) is 0 Å². The van der Waals surface area contributed by atoms with Crippen LogP contribution in [0.1, 0.15) is 22.3 Å². The average Bonchev–Trinajstić information content (AvgIpc) is 2.82. The van der Waals surface area contributed by atoms with Crippen molar-refractivity contribution in [1.82, 2.24) is 0 Å². The van der Waals surface area contributed by atoms with E-state index in [1.165, 1.54) is 22.3 Å². The van der Waals surface area contributed by atoms with Gasteiger partial charge in [0.15, 0.2) is 0 Å². The Balaban J connectivity index is 1.74. The maximum absolute atomic E-state index is 4.82. The molecule has 0 atom stereocenters. The van der Waals surface area contributed by atoms with E-state index in [9.17, 15) is 0 Å². The van der Waals surface area contributed by atoms with E-state index in [1.807, 2.05) is 47.6 Å². The number of nitrogens with zero attached hydrogens (tertiary/aromatic N) is 2. The zero-order valence-corrected chi connectivity index (χ0v) is 17.9. The van der Waals surface area contributed by atoms with Gasteiger partial charge in [-0.05, 0) is 60.9 Å². The van der Waals surface area contributed by atoms with Crippen LogP contribution in [0.2, 0.25) is 0 Å². The minimum absolute atomic E-state index is 1.02. The molecule has 0 spiro atoms. The Bertz CT molecular complexity index is 1070. The molecule has 4 rings (SSSR count). The van der Waals surface area contributed by atoms with E-state index in [2.05, 4.69) is 92.7 Å². The summed E-state index contributed by atoms with van der Waals surface area (Å²) in [6, 6.07) is 37.7. The third kappa shape index (κ3) is 5.18. The summed E-state index contributed by atoms with van der Waals surface area (Å²) >= 11 is 0. The van der Waals surface area contributed by atoms with Crippen molar-refractivity contribution in [2.24, 2.45) is 5.10 Å². The first-order valence-corrected chi connectivity index (χ1v) is 10.5. The molecule has 0 aliphatic carbocycles. The summed E-state index contributed by atoms with van der Waals surface area (Å²) in [7, 11) is 0. The first-order chi connectivity index (χ1) is 15.2. The Morgan fingerprint density at radius 2 is 1.00 bits per heavy atom. The number of aryl methyl sites for hydroxylation is 2. The molecule has 4 aromatic rings. The Morgan fingerprint density at radius 1 is 0.581 bits per heavy atom. The van der Waals surface area contributed by atoms with E-state index in [1.54, 1.807) is 0 Å². The SMILES string of the molecule is Cc1ccc(C(=C/C=N\N(c2ccccc2)c2ccccc2)c2ccc(C)cc2)cc1. The maximum atomic E-state index is 4.82. The van der Waals surface area contributed by atoms with Gasteiger partial charge in [-0.25, -0.2) is 5.01 Å². The summed E-state index contributed by atoms with van der Waals surface area (Å²) in [5, 5.41) is 6.78. The zero-order chi connectivity index (χ0) is 21.5. The Hall–Kier alpha value is -3.91. The van der Waals surface area contributed by atoms with Gasteiger partial charge >= 0.3 is 0 Å². The Morgan fingerprint density at radius 3 is 1.42 bits per heavy atom. The van der Waals surface area contributed by atoms with Gasteiger partial charge in [0.05, 0.1) is 11.4 Å². The van der Waals surface area contributed by atoms with E-state index < -0.39 is 0 Å². The van der Waals surface area contributed by atoms with Gasteiger partial charge in [0, 0.05) is 6.21 Å². The molecule has 2 nitrogen and oxygen atoms in total. The van der Waals surface area contributed by atoms with Crippen molar-refractivity contribution in [2.75, 3.05) is 5.01 Å². The Labute approximate surface area is 184 Å². The molecule has 31 heavy (non-hydrogen) atoms. The smallest absolute Gasteiger partial charge is 0.0652 e. The second-order valence-corrected chi connectivity index (χ2v) is 7.56. The van der Waals surface area contributed by atoms with Crippen LogP contribution >= 0.6 is 0 Å². The first kappa shape index (κ1) is 20.4. The monoisotopic (exact) mass is 402 g/mol. The number of anilines is 2. The molecule has 0 saturated heterocycles. The van der Waals surface area contributed by atoms with E-state index in [4.69, 9.17) is 5.10 Å². The Kier molecular flexibility index (Phi) is 6.39. The summed E-state index contributed by atoms with van der Waals surface area (Å²) in [6.07, 6.45) is 3.98. The van der Waals surface area contributed by atoms with Crippen LogP contribution in [0.3, 0.4) is 0 Å². The summed E-state index contributed by atoms with van der Waals surface area (Å²) < 4.78 is 0. The summed E-state index contributed by atoms with van der Waals surface area (Å²) in [6.45, 7) is 4.22.